The van der Waals surface area contributed by atoms with Gasteiger partial charge in [-0.2, -0.15) is 0 Å². The number of ether oxygens (including phenoxy) is 4. The number of nitrogens with two attached hydrogens (primary N) is 4. The Morgan fingerprint density at radius 3 is 0.742 bits per heavy atom. The zero-order valence-electron chi connectivity index (χ0n) is 71.5. The number of anilines is 4. The Bertz CT molecular complexity index is 5850. The van der Waals surface area contributed by atoms with Crippen molar-refractivity contribution in [2.45, 2.75) is 153 Å². The van der Waals surface area contributed by atoms with Crippen molar-refractivity contribution in [1.29, 1.82) is 0 Å². The van der Waals surface area contributed by atoms with Gasteiger partial charge in [0.05, 0.1) is 122 Å². The maximum atomic E-state index is 13.3. The van der Waals surface area contributed by atoms with Crippen molar-refractivity contribution in [2.24, 2.45) is 22.9 Å². The normalized spacial score (nSPS) is 19.2. The summed E-state index contributed by atoms with van der Waals surface area (Å²) in [4.78, 5) is 89.3. The second-order valence-electron chi connectivity index (χ2n) is 33.7. The van der Waals surface area contributed by atoms with Gasteiger partial charge in [0, 0.05) is 138 Å². The lowest BCUT2D eigenvalue weighted by Crippen LogP contribution is -2.52. The summed E-state index contributed by atoms with van der Waals surface area (Å²) in [5, 5.41) is 2.90. The minimum atomic E-state index is -0.450. The van der Waals surface area contributed by atoms with Crippen LogP contribution >= 0.6 is 92.8 Å². The number of nitrogens with zero attached hydrogens (tertiary/aromatic N) is 14. The smallest absolute Gasteiger partial charge is 0.263 e. The minimum absolute atomic E-state index is 0.154. The summed E-state index contributed by atoms with van der Waals surface area (Å²) < 4.78 is 31.3. The summed E-state index contributed by atoms with van der Waals surface area (Å²) in [5.74, 6) is 8.24. The van der Waals surface area contributed by atoms with E-state index in [-0.39, 0.29) is 46.4 Å². The van der Waals surface area contributed by atoms with Crippen molar-refractivity contribution in [2.75, 3.05) is 72.0 Å². The molecule has 8 aliphatic rings. The highest BCUT2D eigenvalue weighted by molar-refractivity contribution is 6.44. The molecule has 0 radical (unpaired) electrons. The molecule has 34 heteroatoms. The molecule has 26 nitrogen and oxygen atoms in total. The highest BCUT2D eigenvalue weighted by Gasteiger charge is 2.53. The molecule has 0 saturated carbocycles. The number of piperidine rings is 4. The van der Waals surface area contributed by atoms with Crippen LogP contribution in [-0.2, 0) is 0 Å². The topological polar surface area (TPSA) is 319 Å². The van der Waals surface area contributed by atoms with Crippen LogP contribution in [0.3, 0.4) is 0 Å². The van der Waals surface area contributed by atoms with E-state index < -0.39 is 22.4 Å². The van der Waals surface area contributed by atoms with Crippen molar-refractivity contribution < 1.29 is 18.9 Å². The van der Waals surface area contributed by atoms with E-state index in [0.29, 0.717) is 184 Å². The number of fused-ring (bicyclic) bond motifs is 4. The molecule has 4 saturated heterocycles. The van der Waals surface area contributed by atoms with Crippen LogP contribution in [-0.4, -0.2) is 123 Å². The number of pyridine rings is 2. The molecule has 0 bridgehead atoms. The quantitative estimate of drug-likeness (QED) is 0.110. The summed E-state index contributed by atoms with van der Waals surface area (Å²) >= 11 is 50.2. The zero-order valence-corrected chi connectivity index (χ0v) is 77.5. The van der Waals surface area contributed by atoms with Gasteiger partial charge in [-0.15, -0.1) is 0 Å². The Morgan fingerprint density at radius 2 is 0.516 bits per heavy atom. The molecule has 8 aliphatic heterocycles. The van der Waals surface area contributed by atoms with Gasteiger partial charge in [-0.05, 0) is 128 Å². The molecule has 664 valence electrons. The van der Waals surface area contributed by atoms with E-state index in [1.165, 1.54) is 18.3 Å². The second-order valence-corrected chi connectivity index (χ2v) is 36.9. The monoisotopic (exact) mass is 1880 g/mol. The number of hydrogen-bond acceptors (Lipinski definition) is 22. The van der Waals surface area contributed by atoms with E-state index in [0.717, 1.165) is 96.6 Å². The largest absolute Gasteiger partial charge is 0.485 e. The molecule has 14 heterocycles. The van der Waals surface area contributed by atoms with E-state index in [1.807, 2.05) is 60.7 Å². The molecular weight excluding hydrogens is 1790 g/mol. The van der Waals surface area contributed by atoms with Gasteiger partial charge in [0.25, 0.3) is 22.2 Å². The first-order chi connectivity index (χ1) is 61.3. The SMILES string of the molecule is Cc1c(N2CCC3(CC2)Oc2ccccc2[C@@H]3N)nc(C)n(-c2cccc(Cl)c2Cl)c1=O.Cc1c(N2CCC3(CC2)Oc2ccccc2[C@@H]3N)nc(C)n(-c2cccc(Cl)c2Cl)c1=O.Cc1c(N2CCC3(CC2)Oc2cnccc2[C@@H]3N)nc(C)n(-c2cccc(Cl)c2Cl)c1=O.Cc1c(N2CCC3(CC2)Oc2cnccc2[C@H]3N)nc(C)n(-c2cccc(Cl)c2Cl)c1=O. The predicted molar refractivity (Wildman–Crippen MR) is 506 cm³/mol. The van der Waals surface area contributed by atoms with Crippen LogP contribution in [0, 0.1) is 55.4 Å². The van der Waals surface area contributed by atoms with E-state index in [1.54, 1.807) is 153 Å². The van der Waals surface area contributed by atoms with E-state index in [4.69, 9.17) is 155 Å². The third-order valence-electron chi connectivity index (χ3n) is 26.5. The predicted octanol–water partition coefficient (Wildman–Crippen LogP) is 17.1. The Morgan fingerprint density at radius 1 is 0.297 bits per heavy atom. The molecule has 6 aromatic heterocycles. The molecular formula is C94H94Cl8N18O8. The van der Waals surface area contributed by atoms with Crippen LogP contribution in [0.1, 0.15) is 143 Å². The molecule has 20 rings (SSSR count). The lowest BCUT2D eigenvalue weighted by Gasteiger charge is -2.41. The Hall–Kier alpha value is -10.3. The minimum Gasteiger partial charge on any atom is -0.485 e. The molecule has 128 heavy (non-hydrogen) atoms. The number of aromatic nitrogens is 10. The van der Waals surface area contributed by atoms with Crippen LogP contribution in [0.2, 0.25) is 40.2 Å². The Labute approximate surface area is 779 Å². The van der Waals surface area contributed by atoms with Crippen LogP contribution in [0.5, 0.6) is 23.0 Å². The third-order valence-corrected chi connectivity index (χ3v) is 29.7. The van der Waals surface area contributed by atoms with E-state index in [2.05, 4.69) is 29.6 Å². The first-order valence-corrected chi connectivity index (χ1v) is 45.3. The average Bonchev–Trinajstić information content (AvgIpc) is 1.68. The van der Waals surface area contributed by atoms with Crippen LogP contribution in [0.4, 0.5) is 23.3 Å². The molecule has 0 aliphatic carbocycles. The molecule has 8 N–H and O–H groups in total. The Balaban J connectivity index is 0.000000120. The van der Waals surface area contributed by atoms with E-state index >= 15 is 0 Å². The molecule has 4 fully saturated rings. The van der Waals surface area contributed by atoms with Gasteiger partial charge in [0.1, 0.15) is 92.0 Å². The molecule has 0 unspecified atom stereocenters. The molecule has 0 amide bonds. The van der Waals surface area contributed by atoms with Crippen molar-refractivity contribution in [3.05, 3.63) is 308 Å². The number of halogens is 8. The van der Waals surface area contributed by atoms with Gasteiger partial charge in [-0.25, -0.2) is 19.9 Å². The second kappa shape index (κ2) is 35.5. The fraction of sp³-hybridized carbons (Fsp3) is 0.340. The average molecular weight is 1890 g/mol. The van der Waals surface area contributed by atoms with Crippen LogP contribution < -0.4 is 83.7 Å². The number of para-hydroxylation sites is 2. The van der Waals surface area contributed by atoms with Gasteiger partial charge in [-0.1, -0.05) is 153 Å². The van der Waals surface area contributed by atoms with Crippen molar-refractivity contribution in [3.8, 4) is 45.7 Å². The fourth-order valence-electron chi connectivity index (χ4n) is 19.2. The van der Waals surface area contributed by atoms with Crippen molar-refractivity contribution >= 4 is 116 Å². The summed E-state index contributed by atoms with van der Waals surface area (Å²) in [6, 6.07) is 40.0. The highest BCUT2D eigenvalue weighted by atomic mass is 35.5. The number of rotatable bonds is 8. The van der Waals surface area contributed by atoms with Gasteiger partial charge >= 0.3 is 0 Å². The molecule has 12 aromatic rings. The maximum absolute atomic E-state index is 13.3. The lowest BCUT2D eigenvalue weighted by atomic mass is 9.83. The van der Waals surface area contributed by atoms with Gasteiger partial charge < -0.3 is 61.5 Å². The molecule has 4 spiro atoms. The first-order valence-electron chi connectivity index (χ1n) is 42.3. The summed E-state index contributed by atoms with van der Waals surface area (Å²) in [6.45, 7) is 20.0. The number of benzene rings is 6. The highest BCUT2D eigenvalue weighted by Crippen LogP contribution is 2.52. The van der Waals surface area contributed by atoms with E-state index in [9.17, 15) is 19.2 Å². The number of aryl methyl sites for hydroxylation is 4. The van der Waals surface area contributed by atoms with Gasteiger partial charge in [0.2, 0.25) is 0 Å². The Kier molecular flexibility index (Phi) is 24.9. The van der Waals surface area contributed by atoms with Gasteiger partial charge in [-0.3, -0.25) is 47.4 Å². The van der Waals surface area contributed by atoms with Crippen LogP contribution in [0.25, 0.3) is 22.7 Å². The number of hydrogen-bond donors (Lipinski definition) is 4. The first kappa shape index (κ1) is 89.7. The van der Waals surface area contributed by atoms with Crippen LogP contribution in [0.15, 0.2) is 177 Å². The van der Waals surface area contributed by atoms with Crippen molar-refractivity contribution in [1.82, 2.24) is 48.2 Å². The summed E-state index contributed by atoms with van der Waals surface area (Å²) in [6.07, 6.45) is 12.9. The summed E-state index contributed by atoms with van der Waals surface area (Å²) in [7, 11) is 0. The summed E-state index contributed by atoms with van der Waals surface area (Å²) in [5.41, 5.74) is 32.5. The van der Waals surface area contributed by atoms with Gasteiger partial charge in [0.15, 0.2) is 0 Å². The third kappa shape index (κ3) is 15.9. The standard InChI is InChI=1S/2C24H24Cl2N4O2.2C23H23Cl2N5O2/c2*1-14-22(28-15(2)30(23(14)31)18-8-5-7-17(25)20(18)26)29-12-10-24(11-13-29)21(27)16-6-3-4-9-19(16)32-24;2*1-13-21(28-14(2)30(22(13)31)17-5-3-4-16(24)19(17)25)29-10-7-23(8-11-29)20(26)15-6-9-27-12-18(15)32-23/h2*3-9,21H,10-13,27H2,1-2H3;2*3-6,9,12,20H,7-8,10-11,26H2,1-2H3/t2*21-;2*20-/m0010/s1. The zero-order chi connectivity index (χ0) is 90.5. The molecule has 4 atom stereocenters. The lowest BCUT2D eigenvalue weighted by molar-refractivity contribution is 0.0427. The fourth-order valence-corrected chi connectivity index (χ4v) is 20.8. The van der Waals surface area contributed by atoms with Crippen molar-refractivity contribution in [3.63, 3.8) is 0 Å². The maximum Gasteiger partial charge on any atom is 0.263 e. The molecule has 6 aromatic carbocycles.